The molecule has 0 saturated heterocycles. The van der Waals surface area contributed by atoms with Crippen molar-refractivity contribution in [2.75, 3.05) is 0 Å². The molecule has 4 aromatic rings. The number of fused-ring (bicyclic) bond motifs is 2. The first-order chi connectivity index (χ1) is 12.8. The van der Waals surface area contributed by atoms with E-state index in [1.54, 1.807) is 40.0 Å². The third-order valence-corrected chi connectivity index (χ3v) is 5.13. The van der Waals surface area contributed by atoms with Crippen molar-refractivity contribution in [1.29, 1.82) is 0 Å². The van der Waals surface area contributed by atoms with E-state index in [-0.39, 0.29) is 0 Å². The molecule has 0 N–H and O–H groups in total. The van der Waals surface area contributed by atoms with E-state index in [4.69, 9.17) is 0 Å². The third kappa shape index (κ3) is 4.83. The van der Waals surface area contributed by atoms with Crippen LogP contribution in [0.1, 0.15) is 0 Å². The van der Waals surface area contributed by atoms with Crippen LogP contribution in [0.4, 0.5) is 0 Å². The molecule has 0 aliphatic carbocycles. The zero-order valence-electron chi connectivity index (χ0n) is 13.4. The molecule has 0 nitrogen and oxygen atoms in total. The summed E-state index contributed by atoms with van der Waals surface area (Å²) in [5.74, 6) is 0. The summed E-state index contributed by atoms with van der Waals surface area (Å²) in [4.78, 5) is 0. The Morgan fingerprint density at radius 1 is 0.500 bits per heavy atom. The van der Waals surface area contributed by atoms with Gasteiger partial charge in [-0.1, -0.05) is 72.8 Å². The first-order valence-electron chi connectivity index (χ1n) is 7.53. The van der Waals surface area contributed by atoms with Crippen molar-refractivity contribution < 1.29 is 40.0 Å². The summed E-state index contributed by atoms with van der Waals surface area (Å²) in [6.07, 6.45) is 0. The number of halogens is 2. The van der Waals surface area contributed by atoms with Gasteiger partial charge in [-0.3, -0.25) is 0 Å². The normalized spacial score (nSPS) is 10.0. The molecule has 0 aliphatic rings. The van der Waals surface area contributed by atoms with Crippen LogP contribution in [0.5, 0.6) is 0 Å². The molecule has 2 atom stereocenters. The Labute approximate surface area is 191 Å². The molecule has 0 heterocycles. The van der Waals surface area contributed by atoms with Crippen molar-refractivity contribution >= 4 is 69.0 Å². The Hall–Kier alpha value is 0.321. The van der Waals surface area contributed by atoms with Crippen LogP contribution >= 0.6 is 36.9 Å². The van der Waals surface area contributed by atoms with E-state index in [9.17, 15) is 0 Å². The Morgan fingerprint density at radius 3 is 1.23 bits per heavy atom. The second-order valence-electron chi connectivity index (χ2n) is 5.50. The van der Waals surface area contributed by atoms with Crippen LogP contribution < -0.4 is 10.6 Å². The van der Waals surface area contributed by atoms with Gasteiger partial charge in [0.1, 0.15) is 0 Å². The second-order valence-corrected chi connectivity index (χ2v) is 6.75. The summed E-state index contributed by atoms with van der Waals surface area (Å²) >= 11 is 3.50. The van der Waals surface area contributed by atoms with Crippen LogP contribution in [0, 0.1) is 0 Å². The molecule has 142 valence electrons. The zero-order valence-corrected chi connectivity index (χ0v) is 21.6. The minimum atomic E-state index is 1.23. The number of rotatable bonds is 1. The van der Waals surface area contributed by atoms with Crippen molar-refractivity contribution in [2.24, 2.45) is 0 Å². The molecule has 0 radical (unpaired) electrons. The Balaban J connectivity index is 0.000000570. The maximum absolute atomic E-state index is 4.58. The van der Waals surface area contributed by atoms with E-state index >= 15 is 0 Å². The molecule has 0 saturated carbocycles. The number of benzene rings is 4. The fourth-order valence-corrected chi connectivity index (χ4v) is 3.93. The first kappa shape index (κ1) is 22.6. The van der Waals surface area contributed by atoms with E-state index in [0.29, 0.717) is 0 Å². The van der Waals surface area contributed by atoms with E-state index in [0.717, 1.165) is 0 Å². The van der Waals surface area contributed by atoms with Gasteiger partial charge in [-0.25, -0.2) is 0 Å². The van der Waals surface area contributed by atoms with Crippen LogP contribution in [0.2, 0.25) is 0 Å². The van der Waals surface area contributed by atoms with Gasteiger partial charge in [0.25, 0.3) is 0 Å². The molecule has 2 unspecified atom stereocenters. The van der Waals surface area contributed by atoms with Gasteiger partial charge >= 0.3 is 58.4 Å². The van der Waals surface area contributed by atoms with Crippen molar-refractivity contribution in [1.82, 2.24) is 0 Å². The fraction of sp³-hybridized carbons (Fsp3) is 0. The summed E-state index contributed by atoms with van der Waals surface area (Å²) in [6, 6.07) is 26.0. The quantitative estimate of drug-likeness (QED) is 0.164. The van der Waals surface area contributed by atoms with Crippen LogP contribution in [0.15, 0.2) is 72.8 Å². The Bertz CT molecular complexity index is 940. The molecule has 4 rings (SSSR count). The Morgan fingerprint density at radius 2 is 0.846 bits per heavy atom. The van der Waals surface area contributed by atoms with Crippen molar-refractivity contribution in [3.63, 3.8) is 0 Å². The average Bonchev–Trinajstić information content (AvgIpc) is 2.72. The standard InChI is InChI=1S/C20H16P2.2Au.2ClH/c21-17-11-9-13-5-1-3-7-15(13)19(17)20-16-8-4-2-6-14(16)10-12-18(20)22;;;;/h1-12H,21-22H2;;;2*1H/q;2*+1;;/p-2. The summed E-state index contributed by atoms with van der Waals surface area (Å²) in [7, 11) is 15.0. The summed E-state index contributed by atoms with van der Waals surface area (Å²) in [5, 5.41) is 7.63. The molecule has 0 spiro atoms. The fourth-order valence-electron chi connectivity index (χ4n) is 3.13. The van der Waals surface area contributed by atoms with E-state index < -0.39 is 0 Å². The van der Waals surface area contributed by atoms with E-state index in [2.05, 4.69) is 110 Å². The van der Waals surface area contributed by atoms with Crippen LogP contribution in [0.25, 0.3) is 32.7 Å². The summed E-state index contributed by atoms with van der Waals surface area (Å²) in [6.45, 7) is 0. The average molecular weight is 783 g/mol. The monoisotopic (exact) mass is 782 g/mol. The maximum atomic E-state index is 4.58. The van der Waals surface area contributed by atoms with Gasteiger partial charge in [-0.2, -0.15) is 0 Å². The second kappa shape index (κ2) is 11.4. The van der Waals surface area contributed by atoms with Gasteiger partial charge in [0.05, 0.1) is 0 Å². The van der Waals surface area contributed by atoms with Crippen LogP contribution in [-0.4, -0.2) is 0 Å². The van der Waals surface area contributed by atoms with Crippen LogP contribution in [0.3, 0.4) is 0 Å². The molecular weight excluding hydrogens is 767 g/mol. The molecule has 0 amide bonds. The molecular formula is C20H16Au2Cl2P2. The van der Waals surface area contributed by atoms with Gasteiger partial charge in [0.15, 0.2) is 0 Å². The third-order valence-electron chi connectivity index (χ3n) is 4.17. The van der Waals surface area contributed by atoms with E-state index in [1.165, 1.54) is 43.3 Å². The molecule has 0 aromatic heterocycles. The van der Waals surface area contributed by atoms with Gasteiger partial charge in [-0.15, -0.1) is 18.5 Å². The number of hydrogen-bond donors (Lipinski definition) is 0. The molecule has 6 heteroatoms. The van der Waals surface area contributed by atoms with Gasteiger partial charge in [0.2, 0.25) is 0 Å². The Kier molecular flexibility index (Phi) is 9.87. The van der Waals surface area contributed by atoms with Gasteiger partial charge in [0, 0.05) is 0 Å². The van der Waals surface area contributed by atoms with Gasteiger partial charge in [-0.05, 0) is 43.3 Å². The zero-order chi connectivity index (χ0) is 19.1. The number of hydrogen-bond acceptors (Lipinski definition) is 0. The van der Waals surface area contributed by atoms with Crippen LogP contribution in [-0.2, 0) is 40.0 Å². The van der Waals surface area contributed by atoms with Crippen molar-refractivity contribution in [3.05, 3.63) is 72.8 Å². The van der Waals surface area contributed by atoms with Gasteiger partial charge < -0.3 is 0 Å². The first-order valence-corrected chi connectivity index (χ1v) is 14.1. The topological polar surface area (TPSA) is 0 Å². The predicted octanol–water partition coefficient (Wildman–Crippen LogP) is 6.03. The minimum absolute atomic E-state index is 1.23. The predicted molar refractivity (Wildman–Crippen MR) is 117 cm³/mol. The summed E-state index contributed by atoms with van der Waals surface area (Å²) < 4.78 is 0. The van der Waals surface area contributed by atoms with Crippen molar-refractivity contribution in [3.8, 4) is 11.1 Å². The molecule has 0 aliphatic heterocycles. The van der Waals surface area contributed by atoms with E-state index in [1.807, 2.05) is 0 Å². The molecule has 26 heavy (non-hydrogen) atoms. The summed E-state index contributed by atoms with van der Waals surface area (Å²) in [5.41, 5.74) is 2.62. The molecule has 0 fully saturated rings. The molecule has 0 bridgehead atoms. The molecule has 4 aromatic carbocycles. The SMILES string of the molecule is Pc1ccc2ccccc2c1-c1c(P)ccc2ccccc12.[Cl][Au].[Cl][Au]. The van der Waals surface area contributed by atoms with Crippen molar-refractivity contribution in [2.45, 2.75) is 0 Å².